The first-order chi connectivity index (χ1) is 10.5. The Labute approximate surface area is 128 Å². The molecule has 112 valence electrons. The standard InChI is InChI=1S/C16H15N3O3/c1-4-16(11(3)12(9-17)14(20)18-19-16)15(21)22-13-8-6-5-7-10(13)2/h5-8H,4H2,1-3H3. The summed E-state index contributed by atoms with van der Waals surface area (Å²) in [6, 6.07) is 8.87. The lowest BCUT2D eigenvalue weighted by atomic mass is 9.84. The van der Waals surface area contributed by atoms with Crippen LogP contribution in [0.25, 0.3) is 0 Å². The maximum absolute atomic E-state index is 12.6. The van der Waals surface area contributed by atoms with Crippen LogP contribution in [0.2, 0.25) is 0 Å². The van der Waals surface area contributed by atoms with Crippen LogP contribution in [0.3, 0.4) is 0 Å². The summed E-state index contributed by atoms with van der Waals surface area (Å²) < 4.78 is 5.43. The van der Waals surface area contributed by atoms with Crippen molar-refractivity contribution in [1.29, 1.82) is 5.26 Å². The van der Waals surface area contributed by atoms with Crippen molar-refractivity contribution in [2.45, 2.75) is 32.7 Å². The number of carbonyl (C=O) groups excluding carboxylic acids is 2. The molecule has 1 aliphatic heterocycles. The topological polar surface area (TPSA) is 91.9 Å². The lowest BCUT2D eigenvalue weighted by Crippen LogP contribution is -2.43. The van der Waals surface area contributed by atoms with Gasteiger partial charge in [0.15, 0.2) is 0 Å². The molecule has 22 heavy (non-hydrogen) atoms. The fraction of sp³-hybridized carbons (Fsp3) is 0.312. The van der Waals surface area contributed by atoms with Crippen LogP contribution in [0.1, 0.15) is 25.8 Å². The minimum atomic E-state index is -1.43. The van der Waals surface area contributed by atoms with Crippen molar-refractivity contribution in [2.75, 3.05) is 0 Å². The van der Waals surface area contributed by atoms with Gasteiger partial charge in [0, 0.05) is 0 Å². The van der Waals surface area contributed by atoms with Crippen molar-refractivity contribution in [3.63, 3.8) is 0 Å². The number of rotatable bonds is 3. The molecule has 0 radical (unpaired) electrons. The number of nitriles is 1. The quantitative estimate of drug-likeness (QED) is 0.633. The molecule has 1 aromatic carbocycles. The number of nitrogens with zero attached hydrogens (tertiary/aromatic N) is 3. The smallest absolute Gasteiger partial charge is 0.345 e. The summed E-state index contributed by atoms with van der Waals surface area (Å²) in [6.07, 6.45) is 0.242. The number of azo groups is 1. The van der Waals surface area contributed by atoms with Gasteiger partial charge in [-0.3, -0.25) is 4.79 Å². The summed E-state index contributed by atoms with van der Waals surface area (Å²) in [5.74, 6) is -0.961. The fourth-order valence-corrected chi connectivity index (χ4v) is 2.28. The van der Waals surface area contributed by atoms with Crippen molar-refractivity contribution >= 4 is 11.9 Å². The second kappa shape index (κ2) is 5.90. The zero-order chi connectivity index (χ0) is 16.3. The fourth-order valence-electron chi connectivity index (χ4n) is 2.28. The van der Waals surface area contributed by atoms with Crippen LogP contribution < -0.4 is 4.74 Å². The summed E-state index contributed by atoms with van der Waals surface area (Å²) in [4.78, 5) is 24.2. The number of benzene rings is 1. The van der Waals surface area contributed by atoms with Gasteiger partial charge >= 0.3 is 11.9 Å². The van der Waals surface area contributed by atoms with Crippen molar-refractivity contribution < 1.29 is 14.3 Å². The molecule has 1 atom stereocenters. The van der Waals surface area contributed by atoms with E-state index in [9.17, 15) is 9.59 Å². The number of aryl methyl sites for hydroxylation is 1. The van der Waals surface area contributed by atoms with E-state index in [2.05, 4.69) is 10.2 Å². The van der Waals surface area contributed by atoms with Gasteiger partial charge in [0.25, 0.3) is 0 Å². The third-order valence-corrected chi connectivity index (χ3v) is 3.78. The molecular formula is C16H15N3O3. The van der Waals surface area contributed by atoms with Gasteiger partial charge in [-0.05, 0) is 37.5 Å². The Morgan fingerprint density at radius 1 is 1.36 bits per heavy atom. The van der Waals surface area contributed by atoms with Crippen molar-refractivity contribution in [3.8, 4) is 11.8 Å². The van der Waals surface area contributed by atoms with E-state index in [1.807, 2.05) is 19.1 Å². The highest BCUT2D eigenvalue weighted by Gasteiger charge is 2.46. The van der Waals surface area contributed by atoms with E-state index in [0.29, 0.717) is 5.75 Å². The zero-order valence-electron chi connectivity index (χ0n) is 12.6. The molecule has 1 unspecified atom stereocenters. The highest BCUT2D eigenvalue weighted by atomic mass is 16.5. The maximum atomic E-state index is 12.6. The van der Waals surface area contributed by atoms with Crippen LogP contribution in [-0.2, 0) is 9.59 Å². The van der Waals surface area contributed by atoms with Crippen LogP contribution in [0.15, 0.2) is 45.6 Å². The van der Waals surface area contributed by atoms with E-state index in [0.717, 1.165) is 5.56 Å². The molecule has 0 saturated carbocycles. The summed E-state index contributed by atoms with van der Waals surface area (Å²) in [7, 11) is 0. The van der Waals surface area contributed by atoms with E-state index in [-0.39, 0.29) is 17.6 Å². The average molecular weight is 297 g/mol. The number of hydrogen-bond acceptors (Lipinski definition) is 5. The minimum Gasteiger partial charge on any atom is -0.424 e. The average Bonchev–Trinajstić information content (AvgIpc) is 2.51. The highest BCUT2D eigenvalue weighted by molar-refractivity contribution is 6.02. The monoisotopic (exact) mass is 297 g/mol. The Morgan fingerprint density at radius 3 is 2.64 bits per heavy atom. The van der Waals surface area contributed by atoms with Gasteiger partial charge in [-0.1, -0.05) is 25.1 Å². The largest absolute Gasteiger partial charge is 0.424 e. The number of ether oxygens (including phenoxy) is 1. The van der Waals surface area contributed by atoms with E-state index >= 15 is 0 Å². The van der Waals surface area contributed by atoms with E-state index < -0.39 is 17.4 Å². The number of hydrogen-bond donors (Lipinski definition) is 0. The first-order valence-electron chi connectivity index (χ1n) is 6.83. The lowest BCUT2D eigenvalue weighted by Gasteiger charge is -2.28. The van der Waals surface area contributed by atoms with Crippen LogP contribution in [0.4, 0.5) is 0 Å². The Hall–Kier alpha value is -2.81. The second-order valence-corrected chi connectivity index (χ2v) is 4.99. The molecule has 0 aliphatic carbocycles. The van der Waals surface area contributed by atoms with Crippen molar-refractivity contribution in [3.05, 3.63) is 41.0 Å². The number of esters is 1. The van der Waals surface area contributed by atoms with Crippen LogP contribution in [0, 0.1) is 18.3 Å². The third kappa shape index (κ3) is 2.42. The first-order valence-corrected chi connectivity index (χ1v) is 6.83. The predicted octanol–water partition coefficient (Wildman–Crippen LogP) is 2.88. The van der Waals surface area contributed by atoms with E-state index in [1.165, 1.54) is 6.92 Å². The Bertz CT molecular complexity index is 743. The SMILES string of the molecule is CCC1(C(=O)Oc2ccccc2C)N=NC(=O)C(C#N)=C1C. The van der Waals surface area contributed by atoms with Gasteiger partial charge in [-0.25, -0.2) is 4.79 Å². The summed E-state index contributed by atoms with van der Waals surface area (Å²) in [5, 5.41) is 16.4. The van der Waals surface area contributed by atoms with Crippen molar-refractivity contribution in [2.24, 2.45) is 10.2 Å². The second-order valence-electron chi connectivity index (χ2n) is 4.99. The Kier molecular flexibility index (Phi) is 4.18. The Morgan fingerprint density at radius 2 is 2.05 bits per heavy atom. The summed E-state index contributed by atoms with van der Waals surface area (Å²) >= 11 is 0. The highest BCUT2D eigenvalue weighted by Crippen LogP contribution is 2.34. The molecule has 0 N–H and O–H groups in total. The van der Waals surface area contributed by atoms with Gasteiger partial charge in [0.1, 0.15) is 17.4 Å². The molecule has 6 heteroatoms. The Balaban J connectivity index is 2.44. The lowest BCUT2D eigenvalue weighted by molar-refractivity contribution is -0.139. The minimum absolute atomic E-state index is 0.154. The molecule has 1 heterocycles. The van der Waals surface area contributed by atoms with Crippen molar-refractivity contribution in [1.82, 2.24) is 0 Å². The molecule has 0 saturated heterocycles. The zero-order valence-corrected chi connectivity index (χ0v) is 12.6. The van der Waals surface area contributed by atoms with E-state index in [4.69, 9.17) is 10.00 Å². The summed E-state index contributed by atoms with van der Waals surface area (Å²) in [5.41, 5.74) is -0.510. The molecule has 0 spiro atoms. The van der Waals surface area contributed by atoms with Gasteiger partial charge in [-0.2, -0.15) is 10.4 Å². The number of carbonyl (C=O) groups is 2. The molecular weight excluding hydrogens is 282 g/mol. The number of amides is 1. The predicted molar refractivity (Wildman–Crippen MR) is 78.0 cm³/mol. The molecule has 1 amide bonds. The molecule has 1 aromatic rings. The molecule has 1 aliphatic rings. The third-order valence-electron chi connectivity index (χ3n) is 3.78. The number of para-hydroxylation sites is 1. The van der Waals surface area contributed by atoms with Gasteiger partial charge < -0.3 is 4.74 Å². The van der Waals surface area contributed by atoms with Crippen LogP contribution in [0.5, 0.6) is 5.75 Å². The van der Waals surface area contributed by atoms with Crippen LogP contribution >= 0.6 is 0 Å². The molecule has 0 aromatic heterocycles. The van der Waals surface area contributed by atoms with Gasteiger partial charge in [0.2, 0.25) is 5.54 Å². The van der Waals surface area contributed by atoms with Crippen LogP contribution in [-0.4, -0.2) is 17.4 Å². The van der Waals surface area contributed by atoms with E-state index in [1.54, 1.807) is 25.1 Å². The molecule has 2 rings (SSSR count). The molecule has 0 fully saturated rings. The van der Waals surface area contributed by atoms with Gasteiger partial charge in [0.05, 0.1) is 0 Å². The molecule has 0 bridgehead atoms. The maximum Gasteiger partial charge on any atom is 0.345 e. The van der Waals surface area contributed by atoms with Gasteiger partial charge in [-0.15, -0.1) is 5.11 Å². The molecule has 6 nitrogen and oxygen atoms in total. The normalized spacial score (nSPS) is 20.7. The first kappa shape index (κ1) is 15.6. The summed E-state index contributed by atoms with van der Waals surface area (Å²) in [6.45, 7) is 5.08.